The Labute approximate surface area is 113 Å². The van der Waals surface area contributed by atoms with Crippen molar-refractivity contribution in [1.29, 1.82) is 0 Å². The van der Waals surface area contributed by atoms with Crippen LogP contribution < -0.4 is 4.43 Å². The molecule has 0 fully saturated rings. The molecule has 0 saturated carbocycles. The SMILES string of the molecule is O=[n+]1cc([C@@H](O)[C@@H](O)[C@H](O)CO)n([O-])c2ccccc21. The van der Waals surface area contributed by atoms with Gasteiger partial charge in [0.05, 0.1) is 11.0 Å². The van der Waals surface area contributed by atoms with Crippen molar-refractivity contribution < 1.29 is 24.9 Å². The summed E-state index contributed by atoms with van der Waals surface area (Å²) in [7, 11) is 0. The summed E-state index contributed by atoms with van der Waals surface area (Å²) in [5, 5.41) is 49.6. The summed E-state index contributed by atoms with van der Waals surface area (Å²) in [6, 6.07) is 5.96. The molecule has 0 bridgehead atoms. The van der Waals surface area contributed by atoms with Crippen LogP contribution in [-0.2, 0) is 0 Å². The second-order valence-corrected chi connectivity index (χ2v) is 4.35. The van der Waals surface area contributed by atoms with Crippen molar-refractivity contribution >= 4 is 11.0 Å². The molecular formula is C12H14N2O6. The predicted molar refractivity (Wildman–Crippen MR) is 68.1 cm³/mol. The molecular weight excluding hydrogens is 268 g/mol. The van der Waals surface area contributed by atoms with Crippen LogP contribution in [0.3, 0.4) is 0 Å². The van der Waals surface area contributed by atoms with Gasteiger partial charge in [-0.3, -0.25) is 0 Å². The van der Waals surface area contributed by atoms with Crippen LogP contribution in [0, 0.1) is 10.1 Å². The van der Waals surface area contributed by atoms with E-state index in [1.54, 1.807) is 12.1 Å². The van der Waals surface area contributed by atoms with Gasteiger partial charge in [0.25, 0.3) is 5.52 Å². The van der Waals surface area contributed by atoms with E-state index < -0.39 is 30.6 Å². The van der Waals surface area contributed by atoms with Gasteiger partial charge < -0.3 is 30.4 Å². The normalized spacial score (nSPS) is 16.0. The van der Waals surface area contributed by atoms with Crippen LogP contribution in [0.4, 0.5) is 0 Å². The van der Waals surface area contributed by atoms with Gasteiger partial charge in [0, 0.05) is 11.0 Å². The summed E-state index contributed by atoms with van der Waals surface area (Å²) >= 11 is 0. The predicted octanol–water partition coefficient (Wildman–Crippen LogP) is -1.35. The Morgan fingerprint density at radius 2 is 1.90 bits per heavy atom. The fourth-order valence-corrected chi connectivity index (χ4v) is 1.89. The number of benzene rings is 1. The molecule has 0 saturated heterocycles. The highest BCUT2D eigenvalue weighted by molar-refractivity contribution is 5.71. The first-order valence-corrected chi connectivity index (χ1v) is 5.86. The van der Waals surface area contributed by atoms with Crippen molar-refractivity contribution in [2.45, 2.75) is 18.3 Å². The molecule has 0 aliphatic rings. The van der Waals surface area contributed by atoms with Crippen LogP contribution in [0.2, 0.25) is 0 Å². The van der Waals surface area contributed by atoms with Crippen LogP contribution >= 0.6 is 0 Å². The van der Waals surface area contributed by atoms with E-state index in [1.807, 2.05) is 0 Å². The van der Waals surface area contributed by atoms with Crippen LogP contribution in [-0.4, -0.2) is 44.0 Å². The van der Waals surface area contributed by atoms with Gasteiger partial charge in [0.1, 0.15) is 29.5 Å². The topological polar surface area (TPSA) is 132 Å². The molecule has 0 aliphatic heterocycles. The fraction of sp³-hybridized carbons (Fsp3) is 0.333. The summed E-state index contributed by atoms with van der Waals surface area (Å²) in [6.45, 7) is -0.790. The molecule has 1 aromatic carbocycles. The number of aliphatic hydroxyl groups excluding tert-OH is 4. The number of fused-ring (bicyclic) bond motifs is 1. The molecule has 0 aliphatic carbocycles. The molecule has 0 amide bonds. The third-order valence-corrected chi connectivity index (χ3v) is 3.03. The molecule has 1 heterocycles. The molecule has 0 spiro atoms. The average molecular weight is 282 g/mol. The number of para-hydroxylation sites is 2. The van der Waals surface area contributed by atoms with Crippen LogP contribution in [0.25, 0.3) is 11.0 Å². The van der Waals surface area contributed by atoms with Crippen molar-refractivity contribution in [3.05, 3.63) is 46.3 Å². The lowest BCUT2D eigenvalue weighted by molar-refractivity contribution is -0.465. The average Bonchev–Trinajstić information content (AvgIpc) is 2.48. The lowest BCUT2D eigenvalue weighted by atomic mass is 10.1. The zero-order valence-corrected chi connectivity index (χ0v) is 10.3. The van der Waals surface area contributed by atoms with Gasteiger partial charge in [-0.2, -0.15) is 0 Å². The van der Waals surface area contributed by atoms with E-state index in [0.29, 0.717) is 9.16 Å². The molecule has 0 unspecified atom stereocenters. The maximum absolute atomic E-state index is 12.1. The maximum Gasteiger partial charge on any atom is 0.285 e. The largest absolute Gasteiger partial charge is 0.805 e. The monoisotopic (exact) mass is 282 g/mol. The third kappa shape index (κ3) is 2.37. The molecule has 2 aromatic rings. The lowest BCUT2D eigenvalue weighted by Crippen LogP contribution is -2.36. The molecule has 20 heavy (non-hydrogen) atoms. The van der Waals surface area contributed by atoms with Crippen LogP contribution in [0.15, 0.2) is 30.5 Å². The Morgan fingerprint density at radius 1 is 1.25 bits per heavy atom. The maximum atomic E-state index is 12.1. The van der Waals surface area contributed by atoms with Gasteiger partial charge in [-0.15, -0.1) is 0 Å². The van der Waals surface area contributed by atoms with E-state index in [9.17, 15) is 25.4 Å². The van der Waals surface area contributed by atoms with Gasteiger partial charge in [0.15, 0.2) is 0 Å². The Morgan fingerprint density at radius 3 is 2.55 bits per heavy atom. The highest BCUT2D eigenvalue weighted by Crippen LogP contribution is 2.20. The van der Waals surface area contributed by atoms with Gasteiger partial charge in [-0.25, -0.2) is 0 Å². The number of aliphatic hydroxyl groups is 4. The highest BCUT2D eigenvalue weighted by atomic mass is 16.5. The molecule has 3 atom stereocenters. The van der Waals surface area contributed by atoms with Crippen molar-refractivity contribution in [3.8, 4) is 0 Å². The van der Waals surface area contributed by atoms with Gasteiger partial charge >= 0.3 is 0 Å². The summed E-state index contributed by atoms with van der Waals surface area (Å²) in [4.78, 5) is 11.8. The first-order chi connectivity index (χ1) is 9.47. The third-order valence-electron chi connectivity index (χ3n) is 3.03. The van der Waals surface area contributed by atoms with E-state index in [1.165, 1.54) is 12.1 Å². The van der Waals surface area contributed by atoms with Crippen molar-refractivity contribution in [2.24, 2.45) is 0 Å². The number of hydrogen-bond acceptors (Lipinski definition) is 6. The Balaban J connectivity index is 2.55. The second-order valence-electron chi connectivity index (χ2n) is 4.35. The quantitative estimate of drug-likeness (QED) is 0.513. The van der Waals surface area contributed by atoms with E-state index >= 15 is 0 Å². The Bertz CT molecular complexity index is 671. The van der Waals surface area contributed by atoms with E-state index in [4.69, 9.17) is 5.11 Å². The highest BCUT2D eigenvalue weighted by Gasteiger charge is 2.29. The first kappa shape index (κ1) is 14.4. The minimum atomic E-state index is -1.81. The summed E-state index contributed by atoms with van der Waals surface area (Å²) in [5.41, 5.74) is -0.293. The van der Waals surface area contributed by atoms with Crippen molar-refractivity contribution in [1.82, 2.24) is 4.73 Å². The van der Waals surface area contributed by atoms with Crippen LogP contribution in [0.5, 0.6) is 0 Å². The first-order valence-electron chi connectivity index (χ1n) is 5.86. The van der Waals surface area contributed by atoms with Crippen LogP contribution in [0.1, 0.15) is 11.8 Å². The van der Waals surface area contributed by atoms with E-state index in [0.717, 1.165) is 6.20 Å². The number of rotatable bonds is 4. The van der Waals surface area contributed by atoms with Crippen molar-refractivity contribution in [2.75, 3.05) is 6.61 Å². The summed E-state index contributed by atoms with van der Waals surface area (Å²) < 4.78 is 0.696. The minimum Gasteiger partial charge on any atom is -0.805 e. The molecule has 4 N–H and O–H groups in total. The smallest absolute Gasteiger partial charge is 0.285 e. The molecule has 1 aromatic heterocycles. The molecule has 0 radical (unpaired) electrons. The number of nitrogens with zero attached hydrogens (tertiary/aromatic N) is 2. The molecule has 2 rings (SSSR count). The number of aromatic nitrogens is 2. The Kier molecular flexibility index (Phi) is 4.00. The fourth-order valence-electron chi connectivity index (χ4n) is 1.89. The van der Waals surface area contributed by atoms with Gasteiger partial charge in [0.2, 0.25) is 6.20 Å². The molecule has 8 heteroatoms. The zero-order valence-electron chi connectivity index (χ0n) is 10.3. The molecule has 8 nitrogen and oxygen atoms in total. The van der Waals surface area contributed by atoms with Crippen molar-refractivity contribution in [3.63, 3.8) is 0 Å². The van der Waals surface area contributed by atoms with Gasteiger partial charge in [-0.05, 0) is 6.07 Å². The second kappa shape index (κ2) is 5.55. The van der Waals surface area contributed by atoms with E-state index in [2.05, 4.69) is 0 Å². The standard InChI is InChI=1S/C12H14N2O6/c15-6-10(16)12(18)11(17)9-5-13(19)7-3-1-2-4-8(7)14(9)20/h1-5,10-12,15-18H,6H2/t10-,11-,12+/m1/s1. The zero-order chi connectivity index (χ0) is 14.9. The minimum absolute atomic E-state index is 0.0183. The summed E-state index contributed by atoms with van der Waals surface area (Å²) in [6.07, 6.45) is -4.40. The summed E-state index contributed by atoms with van der Waals surface area (Å²) in [5.74, 6) is 0. The Hall–Kier alpha value is -2.00. The van der Waals surface area contributed by atoms with E-state index in [-0.39, 0.29) is 11.0 Å². The molecule has 108 valence electrons. The number of hydrogen-bond donors (Lipinski definition) is 4. The van der Waals surface area contributed by atoms with Gasteiger partial charge in [-0.1, -0.05) is 12.1 Å². The lowest BCUT2D eigenvalue weighted by Gasteiger charge is -2.25.